The number of hydrogen-bond donors (Lipinski definition) is 2. The highest BCUT2D eigenvalue weighted by molar-refractivity contribution is 6.08. The Bertz CT molecular complexity index is 654. The predicted octanol–water partition coefficient (Wildman–Crippen LogP) is 2.24. The summed E-state index contributed by atoms with van der Waals surface area (Å²) >= 11 is 0. The number of nitrogens with zero attached hydrogens (tertiary/aromatic N) is 1. The third kappa shape index (κ3) is 3.22. The number of nitrogens with one attached hydrogen (secondary N) is 1. The third-order valence-corrected chi connectivity index (χ3v) is 2.97. The first kappa shape index (κ1) is 14.6. The molecule has 3 N–H and O–H groups in total. The van der Waals surface area contributed by atoms with Crippen molar-refractivity contribution in [2.24, 2.45) is 0 Å². The fourth-order valence-electron chi connectivity index (χ4n) is 1.80. The molecular weight excluding hydrogens is 270 g/mol. The van der Waals surface area contributed by atoms with E-state index in [4.69, 9.17) is 15.2 Å². The molecule has 21 heavy (non-hydrogen) atoms. The van der Waals surface area contributed by atoms with Gasteiger partial charge in [0.1, 0.15) is 17.3 Å². The number of hydrogen-bond acceptors (Lipinski definition) is 5. The van der Waals surface area contributed by atoms with Crippen LogP contribution in [-0.2, 0) is 0 Å². The number of amides is 1. The lowest BCUT2D eigenvalue weighted by molar-refractivity contribution is 0.102. The summed E-state index contributed by atoms with van der Waals surface area (Å²) < 4.78 is 10.3. The lowest BCUT2D eigenvalue weighted by Gasteiger charge is -2.12. The quantitative estimate of drug-likeness (QED) is 0.842. The van der Waals surface area contributed by atoms with E-state index in [2.05, 4.69) is 10.3 Å². The highest BCUT2D eigenvalue weighted by Crippen LogP contribution is 2.31. The van der Waals surface area contributed by atoms with Crippen molar-refractivity contribution in [3.05, 3.63) is 41.6 Å². The van der Waals surface area contributed by atoms with Gasteiger partial charge in [-0.3, -0.25) is 4.79 Å². The molecule has 1 aromatic carbocycles. The maximum Gasteiger partial charge on any atom is 0.259 e. The highest BCUT2D eigenvalue weighted by atomic mass is 16.5. The Balaban J connectivity index is 2.32. The van der Waals surface area contributed by atoms with Crippen molar-refractivity contribution in [3.63, 3.8) is 0 Å². The van der Waals surface area contributed by atoms with Crippen molar-refractivity contribution in [2.75, 3.05) is 25.3 Å². The van der Waals surface area contributed by atoms with Crippen LogP contribution in [0.1, 0.15) is 15.9 Å². The summed E-state index contributed by atoms with van der Waals surface area (Å²) in [7, 11) is 2.99. The first-order chi connectivity index (χ1) is 10.0. The summed E-state index contributed by atoms with van der Waals surface area (Å²) in [6.07, 6.45) is 1.67. The molecule has 0 spiro atoms. The molecule has 0 unspecified atom stereocenters. The molecule has 0 radical (unpaired) electrons. The van der Waals surface area contributed by atoms with E-state index < -0.39 is 0 Å². The van der Waals surface area contributed by atoms with Gasteiger partial charge in [-0.05, 0) is 24.6 Å². The van der Waals surface area contributed by atoms with Gasteiger partial charge < -0.3 is 20.5 Å². The second-order valence-corrected chi connectivity index (χ2v) is 4.47. The second-order valence-electron chi connectivity index (χ2n) is 4.47. The van der Waals surface area contributed by atoms with Gasteiger partial charge in [-0.25, -0.2) is 4.98 Å². The summed E-state index contributed by atoms with van der Waals surface area (Å²) in [5.41, 5.74) is 7.47. The van der Waals surface area contributed by atoms with Crippen LogP contribution in [0.4, 0.5) is 11.5 Å². The smallest absolute Gasteiger partial charge is 0.259 e. The van der Waals surface area contributed by atoms with Crippen LogP contribution in [-0.4, -0.2) is 25.1 Å². The molecule has 1 aromatic heterocycles. The number of carbonyl (C=O) groups is 1. The number of aryl methyl sites for hydroxylation is 1. The normalized spacial score (nSPS) is 10.0. The number of benzene rings is 1. The predicted molar refractivity (Wildman–Crippen MR) is 80.9 cm³/mol. The number of nitrogen functional groups attached to an aromatic ring is 1. The summed E-state index contributed by atoms with van der Waals surface area (Å²) in [6.45, 7) is 1.92. The van der Waals surface area contributed by atoms with Gasteiger partial charge in [0.2, 0.25) is 0 Å². The zero-order valence-electron chi connectivity index (χ0n) is 12.1. The monoisotopic (exact) mass is 287 g/mol. The van der Waals surface area contributed by atoms with E-state index in [0.29, 0.717) is 17.3 Å². The maximum absolute atomic E-state index is 12.3. The van der Waals surface area contributed by atoms with E-state index in [-0.39, 0.29) is 17.2 Å². The van der Waals surface area contributed by atoms with Crippen molar-refractivity contribution < 1.29 is 14.3 Å². The first-order valence-corrected chi connectivity index (χ1v) is 6.30. The van der Waals surface area contributed by atoms with Crippen LogP contribution in [0.3, 0.4) is 0 Å². The van der Waals surface area contributed by atoms with Gasteiger partial charge in [-0.15, -0.1) is 0 Å². The van der Waals surface area contributed by atoms with Crippen molar-refractivity contribution >= 4 is 17.4 Å². The molecule has 110 valence electrons. The molecule has 2 aromatic rings. The van der Waals surface area contributed by atoms with E-state index >= 15 is 0 Å². The summed E-state index contributed by atoms with van der Waals surface area (Å²) in [5, 5.41) is 2.69. The van der Waals surface area contributed by atoms with Crippen LogP contribution in [0.5, 0.6) is 11.5 Å². The lowest BCUT2D eigenvalue weighted by atomic mass is 10.1. The van der Waals surface area contributed by atoms with Gasteiger partial charge in [0.25, 0.3) is 5.91 Å². The molecule has 0 saturated heterocycles. The molecule has 0 aliphatic rings. The fraction of sp³-hybridized carbons (Fsp3) is 0.200. The van der Waals surface area contributed by atoms with Gasteiger partial charge in [-0.2, -0.15) is 0 Å². The van der Waals surface area contributed by atoms with Crippen molar-refractivity contribution in [3.8, 4) is 11.5 Å². The Morgan fingerprint density at radius 3 is 2.57 bits per heavy atom. The maximum atomic E-state index is 12.3. The van der Waals surface area contributed by atoms with E-state index in [9.17, 15) is 4.79 Å². The van der Waals surface area contributed by atoms with Crippen molar-refractivity contribution in [1.82, 2.24) is 4.98 Å². The van der Waals surface area contributed by atoms with Crippen LogP contribution in [0.2, 0.25) is 0 Å². The molecular formula is C15H17N3O3. The van der Waals surface area contributed by atoms with Crippen molar-refractivity contribution in [2.45, 2.75) is 6.92 Å². The molecule has 0 atom stereocenters. The number of aromatic nitrogens is 1. The molecule has 6 heteroatoms. The number of pyridine rings is 1. The zero-order chi connectivity index (χ0) is 15.4. The highest BCUT2D eigenvalue weighted by Gasteiger charge is 2.16. The molecule has 0 saturated carbocycles. The summed E-state index contributed by atoms with van der Waals surface area (Å²) in [5.74, 6) is 0.951. The van der Waals surface area contributed by atoms with Gasteiger partial charge in [-0.1, -0.05) is 6.07 Å². The standard InChI is InChI=1S/C15H17N3O3/c1-9-4-5-13(17-8-9)18-15(19)11-6-10(20-2)7-12(21-3)14(11)16/h4-8H,16H2,1-3H3,(H,17,18,19). The molecule has 0 aliphatic heterocycles. The fourth-order valence-corrected chi connectivity index (χ4v) is 1.80. The Hall–Kier alpha value is -2.76. The number of rotatable bonds is 4. The number of carbonyl (C=O) groups excluding carboxylic acids is 1. The summed E-state index contributed by atoms with van der Waals surface area (Å²) in [6, 6.07) is 6.76. The number of nitrogens with two attached hydrogens (primary N) is 1. The Morgan fingerprint density at radius 1 is 1.24 bits per heavy atom. The molecule has 2 rings (SSSR count). The van der Waals surface area contributed by atoms with Crippen LogP contribution in [0.15, 0.2) is 30.5 Å². The minimum absolute atomic E-state index is 0.253. The third-order valence-electron chi connectivity index (χ3n) is 2.97. The molecule has 6 nitrogen and oxygen atoms in total. The van der Waals surface area contributed by atoms with Crippen LogP contribution < -0.4 is 20.5 Å². The molecule has 0 aliphatic carbocycles. The minimum atomic E-state index is -0.374. The van der Waals surface area contributed by atoms with E-state index in [1.54, 1.807) is 24.4 Å². The van der Waals surface area contributed by atoms with E-state index in [1.165, 1.54) is 14.2 Å². The number of anilines is 2. The number of ether oxygens (including phenoxy) is 2. The zero-order valence-corrected chi connectivity index (χ0v) is 12.1. The van der Waals surface area contributed by atoms with Crippen molar-refractivity contribution in [1.29, 1.82) is 0 Å². The van der Waals surface area contributed by atoms with Crippen LogP contribution in [0, 0.1) is 6.92 Å². The van der Waals surface area contributed by atoms with Gasteiger partial charge in [0.15, 0.2) is 0 Å². The Labute approximate surface area is 122 Å². The average molecular weight is 287 g/mol. The lowest BCUT2D eigenvalue weighted by Crippen LogP contribution is -2.15. The van der Waals surface area contributed by atoms with Crippen LogP contribution >= 0.6 is 0 Å². The average Bonchev–Trinajstić information content (AvgIpc) is 2.49. The van der Waals surface area contributed by atoms with E-state index in [1.807, 2.05) is 13.0 Å². The summed E-state index contributed by atoms with van der Waals surface area (Å²) in [4.78, 5) is 16.4. The second kappa shape index (κ2) is 6.13. The minimum Gasteiger partial charge on any atom is -0.497 e. The van der Waals surface area contributed by atoms with Gasteiger partial charge in [0, 0.05) is 12.3 Å². The first-order valence-electron chi connectivity index (χ1n) is 6.30. The Kier molecular flexibility index (Phi) is 4.27. The van der Waals surface area contributed by atoms with Gasteiger partial charge in [0.05, 0.1) is 25.5 Å². The topological polar surface area (TPSA) is 86.5 Å². The number of methoxy groups -OCH3 is 2. The Morgan fingerprint density at radius 2 is 2.00 bits per heavy atom. The largest absolute Gasteiger partial charge is 0.497 e. The van der Waals surface area contributed by atoms with Crippen LogP contribution in [0.25, 0.3) is 0 Å². The molecule has 0 bridgehead atoms. The SMILES string of the molecule is COc1cc(OC)c(N)c(C(=O)Nc2ccc(C)cn2)c1. The van der Waals surface area contributed by atoms with E-state index in [0.717, 1.165) is 5.56 Å². The van der Waals surface area contributed by atoms with Gasteiger partial charge >= 0.3 is 0 Å². The molecule has 0 fully saturated rings. The molecule has 1 heterocycles. The molecule has 1 amide bonds.